The zero-order valence-corrected chi connectivity index (χ0v) is 16.9. The molecule has 29 heavy (non-hydrogen) atoms. The zero-order chi connectivity index (χ0) is 21.2. The van der Waals surface area contributed by atoms with E-state index in [-0.39, 0.29) is 30.7 Å². The minimum absolute atomic E-state index is 0.138. The smallest absolute Gasteiger partial charge is 0.319 e. The van der Waals surface area contributed by atoms with E-state index in [9.17, 15) is 14.0 Å². The standard InChI is InChI=1S/C21H27FN4O3/c1-26(2)19(15-5-4-6-16(22)13-15)14-24-20(27)11-12-23-21(28)25-17-7-9-18(29-3)10-8-17/h4-10,13,19H,11-12,14H2,1-3H3,(H,24,27)(H2,23,25,28). The van der Waals surface area contributed by atoms with Crippen LogP contribution in [0.5, 0.6) is 5.75 Å². The number of carbonyl (C=O) groups excluding carboxylic acids is 2. The quantitative estimate of drug-likeness (QED) is 0.602. The lowest BCUT2D eigenvalue weighted by molar-refractivity contribution is -0.121. The van der Waals surface area contributed by atoms with Gasteiger partial charge < -0.3 is 25.6 Å². The molecule has 0 spiro atoms. The summed E-state index contributed by atoms with van der Waals surface area (Å²) >= 11 is 0. The molecular formula is C21H27FN4O3. The molecule has 1 unspecified atom stereocenters. The number of nitrogens with zero attached hydrogens (tertiary/aromatic N) is 1. The van der Waals surface area contributed by atoms with Crippen LogP contribution in [0, 0.1) is 5.82 Å². The van der Waals surface area contributed by atoms with Crippen molar-refractivity contribution < 1.29 is 18.7 Å². The summed E-state index contributed by atoms with van der Waals surface area (Å²) in [5.74, 6) is 0.188. The van der Waals surface area contributed by atoms with Gasteiger partial charge in [-0.15, -0.1) is 0 Å². The Bertz CT molecular complexity index is 812. The number of hydrogen-bond acceptors (Lipinski definition) is 4. The zero-order valence-electron chi connectivity index (χ0n) is 16.9. The first-order valence-corrected chi connectivity index (χ1v) is 9.26. The van der Waals surface area contributed by atoms with Crippen molar-refractivity contribution >= 4 is 17.6 Å². The summed E-state index contributed by atoms with van der Waals surface area (Å²) in [6.07, 6.45) is 0.138. The molecule has 0 saturated carbocycles. The number of carbonyl (C=O) groups is 2. The number of ether oxygens (including phenoxy) is 1. The van der Waals surface area contributed by atoms with Gasteiger partial charge in [0.1, 0.15) is 11.6 Å². The summed E-state index contributed by atoms with van der Waals surface area (Å²) in [5.41, 5.74) is 1.41. The molecule has 2 aromatic carbocycles. The number of anilines is 1. The van der Waals surface area contributed by atoms with Crippen LogP contribution in [0.1, 0.15) is 18.0 Å². The van der Waals surface area contributed by atoms with Crippen LogP contribution in [-0.2, 0) is 4.79 Å². The predicted molar refractivity (Wildman–Crippen MR) is 110 cm³/mol. The van der Waals surface area contributed by atoms with Gasteiger partial charge >= 0.3 is 6.03 Å². The summed E-state index contributed by atoms with van der Waals surface area (Å²) < 4.78 is 18.5. The summed E-state index contributed by atoms with van der Waals surface area (Å²) in [4.78, 5) is 25.9. The van der Waals surface area contributed by atoms with Gasteiger partial charge in [-0.2, -0.15) is 0 Å². The van der Waals surface area contributed by atoms with Crippen molar-refractivity contribution in [1.29, 1.82) is 0 Å². The first-order chi connectivity index (χ1) is 13.9. The fourth-order valence-electron chi connectivity index (χ4n) is 2.75. The van der Waals surface area contributed by atoms with Crippen LogP contribution in [-0.4, -0.2) is 51.1 Å². The Labute approximate surface area is 170 Å². The van der Waals surface area contributed by atoms with Crippen LogP contribution < -0.4 is 20.7 Å². The lowest BCUT2D eigenvalue weighted by atomic mass is 10.1. The minimum atomic E-state index is -0.395. The van der Waals surface area contributed by atoms with Crippen LogP contribution in [0.3, 0.4) is 0 Å². The number of amides is 3. The molecule has 7 nitrogen and oxygen atoms in total. The van der Waals surface area contributed by atoms with Gasteiger partial charge in [0, 0.05) is 25.2 Å². The molecule has 0 aliphatic carbocycles. The van der Waals surface area contributed by atoms with Gasteiger partial charge in [0.25, 0.3) is 0 Å². The summed E-state index contributed by atoms with van der Waals surface area (Å²) in [6.45, 7) is 0.535. The van der Waals surface area contributed by atoms with Crippen molar-refractivity contribution in [3.8, 4) is 5.75 Å². The summed E-state index contributed by atoms with van der Waals surface area (Å²) in [5, 5.41) is 8.15. The Morgan fingerprint density at radius 2 is 1.83 bits per heavy atom. The van der Waals surface area contributed by atoms with Crippen LogP contribution in [0.4, 0.5) is 14.9 Å². The fraction of sp³-hybridized carbons (Fsp3) is 0.333. The molecule has 156 valence electrons. The third-order valence-electron chi connectivity index (χ3n) is 4.33. The number of likely N-dealkylation sites (N-methyl/N-ethyl adjacent to an activating group) is 1. The number of hydrogen-bond donors (Lipinski definition) is 3. The maximum Gasteiger partial charge on any atom is 0.319 e. The average Bonchev–Trinajstić information content (AvgIpc) is 2.68. The number of methoxy groups -OCH3 is 1. The molecule has 0 aliphatic heterocycles. The molecule has 1 atom stereocenters. The van der Waals surface area contributed by atoms with Crippen LogP contribution in [0.15, 0.2) is 48.5 Å². The first kappa shape index (κ1) is 22.2. The molecule has 0 radical (unpaired) electrons. The van der Waals surface area contributed by atoms with Crippen molar-refractivity contribution in [2.75, 3.05) is 39.6 Å². The highest BCUT2D eigenvalue weighted by atomic mass is 19.1. The number of nitrogens with one attached hydrogen (secondary N) is 3. The molecule has 2 rings (SSSR count). The largest absolute Gasteiger partial charge is 0.497 e. The minimum Gasteiger partial charge on any atom is -0.497 e. The van der Waals surface area contributed by atoms with E-state index in [1.807, 2.05) is 25.1 Å². The van der Waals surface area contributed by atoms with Gasteiger partial charge in [0.05, 0.1) is 13.2 Å². The fourth-order valence-corrected chi connectivity index (χ4v) is 2.75. The molecule has 0 heterocycles. The normalized spacial score (nSPS) is 11.6. The van der Waals surface area contributed by atoms with E-state index in [4.69, 9.17) is 4.74 Å². The molecule has 3 N–H and O–H groups in total. The van der Waals surface area contributed by atoms with E-state index in [2.05, 4.69) is 16.0 Å². The Balaban J connectivity index is 1.73. The average molecular weight is 402 g/mol. The maximum atomic E-state index is 13.5. The van der Waals surface area contributed by atoms with E-state index >= 15 is 0 Å². The molecule has 0 fully saturated rings. The molecule has 0 bridgehead atoms. The van der Waals surface area contributed by atoms with Gasteiger partial charge in [0.2, 0.25) is 5.91 Å². The molecule has 2 aromatic rings. The van der Waals surface area contributed by atoms with E-state index in [1.165, 1.54) is 12.1 Å². The second-order valence-corrected chi connectivity index (χ2v) is 6.70. The Hall–Kier alpha value is -3.13. The van der Waals surface area contributed by atoms with Gasteiger partial charge in [-0.1, -0.05) is 12.1 Å². The van der Waals surface area contributed by atoms with Crippen LogP contribution in [0.2, 0.25) is 0 Å². The Morgan fingerprint density at radius 1 is 1.10 bits per heavy atom. The van der Waals surface area contributed by atoms with E-state index in [0.717, 1.165) is 5.56 Å². The number of urea groups is 1. The number of benzene rings is 2. The predicted octanol–water partition coefficient (Wildman–Crippen LogP) is 2.77. The second kappa shape index (κ2) is 11.0. The monoisotopic (exact) mass is 402 g/mol. The molecule has 3 amide bonds. The van der Waals surface area contributed by atoms with Gasteiger partial charge in [-0.25, -0.2) is 9.18 Å². The van der Waals surface area contributed by atoms with Crippen molar-refractivity contribution in [2.24, 2.45) is 0 Å². The first-order valence-electron chi connectivity index (χ1n) is 9.26. The van der Waals surface area contributed by atoms with Crippen molar-refractivity contribution in [3.63, 3.8) is 0 Å². The molecule has 8 heteroatoms. The Kier molecular flexibility index (Phi) is 8.42. The highest BCUT2D eigenvalue weighted by Gasteiger charge is 2.16. The van der Waals surface area contributed by atoms with Crippen molar-refractivity contribution in [3.05, 3.63) is 59.9 Å². The molecular weight excluding hydrogens is 375 g/mol. The van der Waals surface area contributed by atoms with Crippen LogP contribution >= 0.6 is 0 Å². The molecule has 0 aromatic heterocycles. The SMILES string of the molecule is COc1ccc(NC(=O)NCCC(=O)NCC(c2cccc(F)c2)N(C)C)cc1. The highest BCUT2D eigenvalue weighted by Crippen LogP contribution is 2.18. The van der Waals surface area contributed by atoms with Crippen LogP contribution in [0.25, 0.3) is 0 Å². The lowest BCUT2D eigenvalue weighted by Crippen LogP contribution is -2.37. The highest BCUT2D eigenvalue weighted by molar-refractivity contribution is 5.89. The molecule has 0 aliphatic rings. The van der Waals surface area contributed by atoms with E-state index < -0.39 is 6.03 Å². The maximum absolute atomic E-state index is 13.5. The number of rotatable bonds is 9. The lowest BCUT2D eigenvalue weighted by Gasteiger charge is -2.25. The third-order valence-corrected chi connectivity index (χ3v) is 4.33. The molecule has 0 saturated heterocycles. The van der Waals surface area contributed by atoms with Crippen molar-refractivity contribution in [1.82, 2.24) is 15.5 Å². The number of halogens is 1. The topological polar surface area (TPSA) is 82.7 Å². The third kappa shape index (κ3) is 7.42. The van der Waals surface area contributed by atoms with Gasteiger partial charge in [0.15, 0.2) is 0 Å². The summed E-state index contributed by atoms with van der Waals surface area (Å²) in [7, 11) is 5.30. The van der Waals surface area contributed by atoms with Gasteiger partial charge in [-0.3, -0.25) is 4.79 Å². The van der Waals surface area contributed by atoms with E-state index in [0.29, 0.717) is 18.0 Å². The van der Waals surface area contributed by atoms with Gasteiger partial charge in [-0.05, 0) is 56.1 Å². The summed E-state index contributed by atoms with van der Waals surface area (Å²) in [6, 6.07) is 12.7. The van der Waals surface area contributed by atoms with E-state index in [1.54, 1.807) is 37.4 Å². The van der Waals surface area contributed by atoms with Crippen molar-refractivity contribution in [2.45, 2.75) is 12.5 Å². The Morgan fingerprint density at radius 3 is 2.45 bits per heavy atom. The second-order valence-electron chi connectivity index (χ2n) is 6.70.